The first-order chi connectivity index (χ1) is 11.0. The fraction of sp³-hybridized carbons (Fsp3) is 0.385. The summed E-state index contributed by atoms with van der Waals surface area (Å²) in [5.41, 5.74) is 0.556. The van der Waals surface area contributed by atoms with Gasteiger partial charge in [-0.3, -0.25) is 9.59 Å². The van der Waals surface area contributed by atoms with E-state index in [9.17, 15) is 14.4 Å². The molecular weight excluding hydrogens is 326 g/mol. The van der Waals surface area contributed by atoms with E-state index < -0.39 is 17.8 Å². The second-order valence-corrected chi connectivity index (χ2v) is 5.33. The van der Waals surface area contributed by atoms with Crippen molar-refractivity contribution in [2.24, 2.45) is 0 Å². The zero-order valence-electron chi connectivity index (χ0n) is 11.9. The molecule has 2 aromatic heterocycles. The SMILES string of the molecule is O=C(CCCc1nnc2ccc(Cl)nn12)ON1C(=O)CCC1=O. The van der Waals surface area contributed by atoms with Gasteiger partial charge in [0.05, 0.1) is 0 Å². The predicted molar refractivity (Wildman–Crippen MR) is 75.9 cm³/mol. The molecule has 1 fully saturated rings. The Morgan fingerprint density at radius 2 is 1.96 bits per heavy atom. The van der Waals surface area contributed by atoms with Gasteiger partial charge in [0.1, 0.15) is 5.15 Å². The molecule has 0 radical (unpaired) electrons. The number of hydrogen-bond donors (Lipinski definition) is 0. The summed E-state index contributed by atoms with van der Waals surface area (Å²) in [5.74, 6) is -1.08. The van der Waals surface area contributed by atoms with Gasteiger partial charge in [-0.25, -0.2) is 4.79 Å². The van der Waals surface area contributed by atoms with Gasteiger partial charge in [0.15, 0.2) is 11.5 Å². The highest BCUT2D eigenvalue weighted by Gasteiger charge is 2.32. The van der Waals surface area contributed by atoms with Crippen LogP contribution in [0.4, 0.5) is 0 Å². The number of imide groups is 1. The van der Waals surface area contributed by atoms with Crippen molar-refractivity contribution < 1.29 is 19.2 Å². The molecule has 0 bridgehead atoms. The second kappa shape index (κ2) is 6.29. The van der Waals surface area contributed by atoms with Crippen LogP contribution in [0.3, 0.4) is 0 Å². The van der Waals surface area contributed by atoms with E-state index in [2.05, 4.69) is 15.3 Å². The van der Waals surface area contributed by atoms with Crippen LogP contribution in [0.1, 0.15) is 31.5 Å². The van der Waals surface area contributed by atoms with E-state index in [4.69, 9.17) is 16.4 Å². The molecule has 3 rings (SSSR count). The maximum atomic E-state index is 11.7. The molecule has 0 aliphatic carbocycles. The number of aryl methyl sites for hydroxylation is 1. The molecule has 1 aliphatic rings. The van der Waals surface area contributed by atoms with Gasteiger partial charge in [-0.05, 0) is 18.6 Å². The molecule has 0 aromatic carbocycles. The number of hydrogen-bond acceptors (Lipinski definition) is 7. The Bertz CT molecular complexity index is 774. The quantitative estimate of drug-likeness (QED) is 0.739. The van der Waals surface area contributed by atoms with Gasteiger partial charge in [0.2, 0.25) is 0 Å². The largest absolute Gasteiger partial charge is 0.333 e. The third-order valence-corrected chi connectivity index (χ3v) is 3.48. The van der Waals surface area contributed by atoms with Gasteiger partial charge in [0, 0.05) is 25.7 Å². The van der Waals surface area contributed by atoms with Crippen LogP contribution >= 0.6 is 11.6 Å². The van der Waals surface area contributed by atoms with Crippen LogP contribution in [0.2, 0.25) is 5.15 Å². The average molecular weight is 338 g/mol. The van der Waals surface area contributed by atoms with Gasteiger partial charge < -0.3 is 4.84 Å². The fourth-order valence-electron chi connectivity index (χ4n) is 2.16. The minimum atomic E-state index is -0.645. The zero-order chi connectivity index (χ0) is 16.4. The van der Waals surface area contributed by atoms with Crippen molar-refractivity contribution in [2.45, 2.75) is 32.1 Å². The van der Waals surface area contributed by atoms with Crippen LogP contribution < -0.4 is 0 Å². The molecule has 2 aromatic rings. The highest BCUT2D eigenvalue weighted by atomic mass is 35.5. The van der Waals surface area contributed by atoms with Crippen LogP contribution in [0.5, 0.6) is 0 Å². The van der Waals surface area contributed by atoms with E-state index in [1.807, 2.05) is 0 Å². The van der Waals surface area contributed by atoms with E-state index in [-0.39, 0.29) is 19.3 Å². The van der Waals surface area contributed by atoms with Crippen molar-refractivity contribution in [3.05, 3.63) is 23.1 Å². The molecule has 23 heavy (non-hydrogen) atoms. The third kappa shape index (κ3) is 3.29. The molecule has 9 nitrogen and oxygen atoms in total. The number of halogens is 1. The highest BCUT2D eigenvalue weighted by molar-refractivity contribution is 6.29. The topological polar surface area (TPSA) is 107 Å². The molecule has 120 valence electrons. The molecular formula is C13H12ClN5O4. The molecule has 10 heteroatoms. The summed E-state index contributed by atoms with van der Waals surface area (Å²) in [7, 11) is 0. The Labute approximate surface area is 135 Å². The first kappa shape index (κ1) is 15.3. The Morgan fingerprint density at radius 3 is 2.70 bits per heavy atom. The normalized spacial score (nSPS) is 14.7. The first-order valence-electron chi connectivity index (χ1n) is 6.98. The Morgan fingerprint density at radius 1 is 1.22 bits per heavy atom. The Kier molecular flexibility index (Phi) is 4.20. The van der Waals surface area contributed by atoms with E-state index in [1.165, 1.54) is 4.52 Å². The second-order valence-electron chi connectivity index (χ2n) is 4.94. The monoisotopic (exact) mass is 337 g/mol. The lowest BCUT2D eigenvalue weighted by atomic mass is 10.2. The number of rotatable bonds is 5. The molecule has 0 unspecified atom stereocenters. The smallest absolute Gasteiger partial charge is 0.330 e. The number of nitrogens with zero attached hydrogens (tertiary/aromatic N) is 5. The summed E-state index contributed by atoms with van der Waals surface area (Å²) < 4.78 is 1.50. The number of amides is 2. The summed E-state index contributed by atoms with van der Waals surface area (Å²) in [6.07, 6.45) is 1.01. The lowest BCUT2D eigenvalue weighted by Gasteiger charge is -2.12. The minimum Gasteiger partial charge on any atom is -0.330 e. The lowest BCUT2D eigenvalue weighted by molar-refractivity contribution is -0.197. The number of hydroxylamine groups is 2. The molecule has 1 aliphatic heterocycles. The number of carbonyl (C=O) groups is 3. The highest BCUT2D eigenvalue weighted by Crippen LogP contribution is 2.14. The van der Waals surface area contributed by atoms with Gasteiger partial charge in [-0.15, -0.1) is 15.3 Å². The van der Waals surface area contributed by atoms with Crippen molar-refractivity contribution in [1.82, 2.24) is 24.9 Å². The van der Waals surface area contributed by atoms with Crippen LogP contribution in [0, 0.1) is 0 Å². The number of carbonyl (C=O) groups excluding carboxylic acids is 3. The van der Waals surface area contributed by atoms with E-state index in [0.717, 1.165) is 0 Å². The van der Waals surface area contributed by atoms with E-state index >= 15 is 0 Å². The third-order valence-electron chi connectivity index (χ3n) is 3.28. The summed E-state index contributed by atoms with van der Waals surface area (Å²) in [4.78, 5) is 39.2. The Hall–Kier alpha value is -2.55. The molecule has 3 heterocycles. The maximum absolute atomic E-state index is 11.7. The van der Waals surface area contributed by atoms with Gasteiger partial charge >= 0.3 is 5.97 Å². The van der Waals surface area contributed by atoms with Crippen LogP contribution in [0.25, 0.3) is 5.65 Å². The average Bonchev–Trinajstić information content (AvgIpc) is 3.05. The fourth-order valence-corrected chi connectivity index (χ4v) is 2.30. The van der Waals surface area contributed by atoms with Gasteiger partial charge in [-0.2, -0.15) is 9.61 Å². The molecule has 2 amide bonds. The summed E-state index contributed by atoms with van der Waals surface area (Å²) in [5, 5.41) is 12.8. The van der Waals surface area contributed by atoms with Crippen molar-refractivity contribution >= 4 is 35.0 Å². The molecule has 0 atom stereocenters. The molecule has 0 spiro atoms. The van der Waals surface area contributed by atoms with Crippen LogP contribution in [-0.4, -0.2) is 42.7 Å². The van der Waals surface area contributed by atoms with Gasteiger partial charge in [-0.1, -0.05) is 11.6 Å². The molecule has 0 saturated carbocycles. The first-order valence-corrected chi connectivity index (χ1v) is 7.36. The van der Waals surface area contributed by atoms with Crippen LogP contribution in [-0.2, 0) is 25.6 Å². The van der Waals surface area contributed by atoms with Crippen LogP contribution in [0.15, 0.2) is 12.1 Å². The zero-order valence-corrected chi connectivity index (χ0v) is 12.7. The van der Waals surface area contributed by atoms with Crippen molar-refractivity contribution in [3.8, 4) is 0 Å². The maximum Gasteiger partial charge on any atom is 0.333 e. The number of fused-ring (bicyclic) bond motifs is 1. The lowest BCUT2D eigenvalue weighted by Crippen LogP contribution is -2.32. The molecule has 1 saturated heterocycles. The standard InChI is InChI=1S/C13H12ClN5O4/c14-8-4-5-10-16-15-9(18(10)17-8)2-1-3-13(22)23-19-11(20)6-7-12(19)21/h4-5H,1-3,6-7H2. The van der Waals surface area contributed by atoms with E-state index in [1.54, 1.807) is 12.1 Å². The van der Waals surface area contributed by atoms with Crippen molar-refractivity contribution in [1.29, 1.82) is 0 Å². The predicted octanol–water partition coefficient (Wildman–Crippen LogP) is 0.708. The Balaban J connectivity index is 1.54. The molecule has 0 N–H and O–H groups in total. The number of aromatic nitrogens is 4. The van der Waals surface area contributed by atoms with Gasteiger partial charge in [0.25, 0.3) is 11.8 Å². The van der Waals surface area contributed by atoms with Crippen molar-refractivity contribution in [2.75, 3.05) is 0 Å². The summed E-state index contributed by atoms with van der Waals surface area (Å²) in [6.45, 7) is 0. The minimum absolute atomic E-state index is 0.0343. The van der Waals surface area contributed by atoms with E-state index in [0.29, 0.717) is 34.5 Å². The summed E-state index contributed by atoms with van der Waals surface area (Å²) in [6, 6.07) is 3.29. The summed E-state index contributed by atoms with van der Waals surface area (Å²) >= 11 is 5.82. The van der Waals surface area contributed by atoms with Crippen molar-refractivity contribution in [3.63, 3.8) is 0 Å².